The van der Waals surface area contributed by atoms with Gasteiger partial charge in [-0.1, -0.05) is 6.92 Å². The van der Waals surface area contributed by atoms with E-state index in [-0.39, 0.29) is 6.04 Å². The molecule has 0 aliphatic carbocycles. The predicted octanol–water partition coefficient (Wildman–Crippen LogP) is 3.54. The highest BCUT2D eigenvalue weighted by atomic mass is 79.9. The lowest BCUT2D eigenvalue weighted by atomic mass is 10.0. The van der Waals surface area contributed by atoms with Gasteiger partial charge in [-0.2, -0.15) is 0 Å². The summed E-state index contributed by atoms with van der Waals surface area (Å²) in [7, 11) is 5.05. The van der Waals surface area contributed by atoms with Crippen LogP contribution in [0.3, 0.4) is 0 Å². The Morgan fingerprint density at radius 2 is 1.95 bits per heavy atom. The van der Waals surface area contributed by atoms with E-state index in [1.165, 1.54) is 0 Å². The monoisotopic (exact) mass is 345 g/mol. The van der Waals surface area contributed by atoms with Gasteiger partial charge >= 0.3 is 0 Å². The number of nitrogens with one attached hydrogen (secondary N) is 1. The minimum Gasteiger partial charge on any atom is -0.495 e. The van der Waals surface area contributed by atoms with Gasteiger partial charge < -0.3 is 19.5 Å². The number of methoxy groups -OCH3 is 3. The van der Waals surface area contributed by atoms with Gasteiger partial charge in [-0.25, -0.2) is 0 Å². The number of rotatable bonds is 9. The molecule has 5 heteroatoms. The van der Waals surface area contributed by atoms with Crippen LogP contribution in [-0.2, 0) is 4.74 Å². The summed E-state index contributed by atoms with van der Waals surface area (Å²) >= 11 is 3.55. The van der Waals surface area contributed by atoms with Crippen LogP contribution in [0.25, 0.3) is 0 Å². The number of ether oxygens (including phenoxy) is 3. The Balaban J connectivity index is 3.07. The van der Waals surface area contributed by atoms with Crippen molar-refractivity contribution in [2.45, 2.75) is 25.8 Å². The SMILES string of the molecule is CCCNC(CCOC)c1ccc(OC)c(Br)c1OC. The van der Waals surface area contributed by atoms with Crippen LogP contribution in [0.1, 0.15) is 31.4 Å². The maximum absolute atomic E-state index is 5.55. The minimum absolute atomic E-state index is 0.201. The van der Waals surface area contributed by atoms with Crippen molar-refractivity contribution in [3.8, 4) is 11.5 Å². The minimum atomic E-state index is 0.201. The molecule has 0 aromatic heterocycles. The molecule has 0 heterocycles. The average Bonchev–Trinajstić information content (AvgIpc) is 2.47. The number of hydrogen-bond acceptors (Lipinski definition) is 4. The molecule has 0 saturated heterocycles. The predicted molar refractivity (Wildman–Crippen MR) is 84.8 cm³/mol. The maximum atomic E-state index is 5.55. The highest BCUT2D eigenvalue weighted by Gasteiger charge is 2.19. The molecule has 0 aliphatic heterocycles. The van der Waals surface area contributed by atoms with Crippen LogP contribution < -0.4 is 14.8 Å². The van der Waals surface area contributed by atoms with Crippen molar-refractivity contribution in [3.05, 3.63) is 22.2 Å². The van der Waals surface area contributed by atoms with Crippen molar-refractivity contribution in [1.82, 2.24) is 5.32 Å². The largest absolute Gasteiger partial charge is 0.495 e. The van der Waals surface area contributed by atoms with Gasteiger partial charge in [0.2, 0.25) is 0 Å². The second-order valence-corrected chi connectivity index (χ2v) is 5.29. The van der Waals surface area contributed by atoms with E-state index in [9.17, 15) is 0 Å². The molecular formula is C15H24BrNO3. The summed E-state index contributed by atoms with van der Waals surface area (Å²) in [4.78, 5) is 0. The zero-order valence-electron chi connectivity index (χ0n) is 12.7. The van der Waals surface area contributed by atoms with Gasteiger partial charge in [0.25, 0.3) is 0 Å². The van der Waals surface area contributed by atoms with E-state index >= 15 is 0 Å². The smallest absolute Gasteiger partial charge is 0.141 e. The van der Waals surface area contributed by atoms with E-state index in [0.717, 1.165) is 40.9 Å². The van der Waals surface area contributed by atoms with Gasteiger partial charge in [0, 0.05) is 25.3 Å². The fourth-order valence-corrected chi connectivity index (χ4v) is 2.80. The summed E-state index contributed by atoms with van der Waals surface area (Å²) < 4.78 is 16.9. The molecule has 0 aliphatic rings. The molecular weight excluding hydrogens is 322 g/mol. The van der Waals surface area contributed by atoms with Crippen molar-refractivity contribution in [2.24, 2.45) is 0 Å². The Kier molecular flexibility index (Phi) is 7.95. The number of halogens is 1. The van der Waals surface area contributed by atoms with Crippen molar-refractivity contribution < 1.29 is 14.2 Å². The van der Waals surface area contributed by atoms with Crippen LogP contribution in [0.4, 0.5) is 0 Å². The van der Waals surface area contributed by atoms with Crippen molar-refractivity contribution in [2.75, 3.05) is 34.5 Å². The molecule has 0 bridgehead atoms. The zero-order chi connectivity index (χ0) is 15.0. The fourth-order valence-electron chi connectivity index (χ4n) is 2.11. The number of hydrogen-bond donors (Lipinski definition) is 1. The molecule has 0 amide bonds. The van der Waals surface area contributed by atoms with Gasteiger partial charge in [0.05, 0.1) is 14.2 Å². The van der Waals surface area contributed by atoms with E-state index in [1.807, 2.05) is 12.1 Å². The summed E-state index contributed by atoms with van der Waals surface area (Å²) in [5.74, 6) is 1.58. The van der Waals surface area contributed by atoms with Gasteiger partial charge in [-0.05, 0) is 47.4 Å². The lowest BCUT2D eigenvalue weighted by Gasteiger charge is -2.22. The van der Waals surface area contributed by atoms with Crippen molar-refractivity contribution in [3.63, 3.8) is 0 Å². The first-order valence-electron chi connectivity index (χ1n) is 6.82. The van der Waals surface area contributed by atoms with Gasteiger partial charge in [-0.3, -0.25) is 0 Å². The third-order valence-corrected chi connectivity index (χ3v) is 3.89. The first-order valence-corrected chi connectivity index (χ1v) is 7.61. The van der Waals surface area contributed by atoms with Crippen LogP contribution >= 0.6 is 15.9 Å². The highest BCUT2D eigenvalue weighted by Crippen LogP contribution is 2.40. The molecule has 1 N–H and O–H groups in total. The van der Waals surface area contributed by atoms with Gasteiger partial charge in [0.15, 0.2) is 0 Å². The molecule has 114 valence electrons. The highest BCUT2D eigenvalue weighted by molar-refractivity contribution is 9.10. The normalized spacial score (nSPS) is 12.2. The van der Waals surface area contributed by atoms with E-state index in [0.29, 0.717) is 6.61 Å². The number of benzene rings is 1. The van der Waals surface area contributed by atoms with Crippen LogP contribution in [0.15, 0.2) is 16.6 Å². The molecule has 0 radical (unpaired) electrons. The molecule has 1 atom stereocenters. The average molecular weight is 346 g/mol. The van der Waals surface area contributed by atoms with Crippen LogP contribution in [0, 0.1) is 0 Å². The lowest BCUT2D eigenvalue weighted by Crippen LogP contribution is -2.24. The first kappa shape index (κ1) is 17.3. The van der Waals surface area contributed by atoms with Crippen molar-refractivity contribution >= 4 is 15.9 Å². The molecule has 1 aromatic carbocycles. The maximum Gasteiger partial charge on any atom is 0.141 e. The Bertz CT molecular complexity index is 404. The molecule has 0 saturated carbocycles. The molecule has 1 rings (SSSR count). The van der Waals surface area contributed by atoms with Crippen molar-refractivity contribution in [1.29, 1.82) is 0 Å². The molecule has 1 unspecified atom stereocenters. The molecule has 0 spiro atoms. The standard InChI is InChI=1S/C15H24BrNO3/c1-5-9-17-12(8-10-18-2)11-6-7-13(19-3)14(16)15(11)20-4/h6-7,12,17H,5,8-10H2,1-4H3. The fraction of sp³-hybridized carbons (Fsp3) is 0.600. The Hall–Kier alpha value is -0.780. The van der Waals surface area contributed by atoms with Crippen LogP contribution in [0.2, 0.25) is 0 Å². The topological polar surface area (TPSA) is 39.7 Å². The van der Waals surface area contributed by atoms with E-state index in [1.54, 1.807) is 21.3 Å². The molecule has 0 fully saturated rings. The molecule has 1 aromatic rings. The van der Waals surface area contributed by atoms with Gasteiger partial charge in [-0.15, -0.1) is 0 Å². The second-order valence-electron chi connectivity index (χ2n) is 4.49. The first-order chi connectivity index (χ1) is 9.69. The summed E-state index contributed by atoms with van der Waals surface area (Å²) in [6.07, 6.45) is 1.98. The second kappa shape index (κ2) is 9.21. The van der Waals surface area contributed by atoms with E-state index in [4.69, 9.17) is 14.2 Å². The lowest BCUT2D eigenvalue weighted by molar-refractivity contribution is 0.182. The van der Waals surface area contributed by atoms with Crippen LogP contribution in [0.5, 0.6) is 11.5 Å². The summed E-state index contributed by atoms with van der Waals surface area (Å²) in [5, 5.41) is 3.54. The third kappa shape index (κ3) is 4.36. The zero-order valence-corrected chi connectivity index (χ0v) is 14.2. The third-order valence-electron chi connectivity index (χ3n) is 3.14. The summed E-state index contributed by atoms with van der Waals surface area (Å²) in [6, 6.07) is 4.20. The Morgan fingerprint density at radius 3 is 2.50 bits per heavy atom. The quantitative estimate of drug-likeness (QED) is 0.742. The Morgan fingerprint density at radius 1 is 1.20 bits per heavy atom. The van der Waals surface area contributed by atoms with E-state index < -0.39 is 0 Å². The molecule has 4 nitrogen and oxygen atoms in total. The van der Waals surface area contributed by atoms with E-state index in [2.05, 4.69) is 28.2 Å². The summed E-state index contributed by atoms with van der Waals surface area (Å²) in [6.45, 7) is 3.82. The summed E-state index contributed by atoms with van der Waals surface area (Å²) in [5.41, 5.74) is 1.12. The van der Waals surface area contributed by atoms with Gasteiger partial charge in [0.1, 0.15) is 16.0 Å². The van der Waals surface area contributed by atoms with Crippen LogP contribution in [-0.4, -0.2) is 34.5 Å². The Labute approximate surface area is 129 Å². The molecule has 20 heavy (non-hydrogen) atoms.